The zero-order valence-electron chi connectivity index (χ0n) is 11.6. The van der Waals surface area contributed by atoms with Crippen LogP contribution >= 0.6 is 11.8 Å². The van der Waals surface area contributed by atoms with Crippen LogP contribution in [0.3, 0.4) is 0 Å². The minimum Gasteiger partial charge on any atom is -0.343 e. The van der Waals surface area contributed by atoms with Gasteiger partial charge in [-0.25, -0.2) is 9.97 Å². The van der Waals surface area contributed by atoms with E-state index in [9.17, 15) is 13.2 Å². The molecule has 3 nitrogen and oxygen atoms in total. The van der Waals surface area contributed by atoms with E-state index in [2.05, 4.69) is 15.0 Å². The van der Waals surface area contributed by atoms with Crippen LogP contribution in [0.25, 0.3) is 11.0 Å². The number of thioether (sulfide) groups is 1. The number of halogens is 3. The second kappa shape index (κ2) is 5.51. The summed E-state index contributed by atoms with van der Waals surface area (Å²) in [4.78, 5) is 10.3. The van der Waals surface area contributed by atoms with Crippen molar-refractivity contribution in [3.05, 3.63) is 17.6 Å². The summed E-state index contributed by atoms with van der Waals surface area (Å²) in [5.74, 6) is -1.06. The van der Waals surface area contributed by atoms with Gasteiger partial charge in [-0.05, 0) is 25.8 Å². The van der Waals surface area contributed by atoms with Gasteiger partial charge in [-0.1, -0.05) is 19.3 Å². The number of nitrogens with zero attached hydrogens (tertiary/aromatic N) is 2. The van der Waals surface area contributed by atoms with Gasteiger partial charge in [-0.15, -0.1) is 11.8 Å². The maximum Gasteiger partial charge on any atom is 0.451 e. The van der Waals surface area contributed by atoms with E-state index >= 15 is 0 Å². The van der Waals surface area contributed by atoms with Crippen molar-refractivity contribution >= 4 is 22.8 Å². The molecule has 0 aromatic carbocycles. The van der Waals surface area contributed by atoms with E-state index in [0.717, 1.165) is 31.4 Å². The number of fused-ring (bicyclic) bond motifs is 1. The minimum atomic E-state index is -4.52. The number of H-pyrrole nitrogens is 1. The Bertz CT molecular complexity index is 645. The molecule has 7 heteroatoms. The number of rotatable bonds is 2. The Kier molecular flexibility index (Phi) is 3.86. The highest BCUT2D eigenvalue weighted by Crippen LogP contribution is 2.37. The van der Waals surface area contributed by atoms with E-state index in [1.54, 1.807) is 0 Å². The van der Waals surface area contributed by atoms with Crippen molar-refractivity contribution in [3.8, 4) is 0 Å². The van der Waals surface area contributed by atoms with Crippen LogP contribution in [0.4, 0.5) is 13.2 Å². The van der Waals surface area contributed by atoms with Gasteiger partial charge >= 0.3 is 6.18 Å². The molecule has 0 atom stereocenters. The lowest BCUT2D eigenvalue weighted by Crippen LogP contribution is -2.13. The molecule has 0 aliphatic heterocycles. The first-order chi connectivity index (χ1) is 9.93. The maximum absolute atomic E-state index is 12.9. The molecular formula is C14H16F3N3S. The van der Waals surface area contributed by atoms with Crippen LogP contribution in [-0.4, -0.2) is 20.2 Å². The first-order valence-electron chi connectivity index (χ1n) is 7.05. The zero-order chi connectivity index (χ0) is 15.0. The van der Waals surface area contributed by atoms with E-state index in [4.69, 9.17) is 0 Å². The molecule has 1 fully saturated rings. The summed E-state index contributed by atoms with van der Waals surface area (Å²) in [6.45, 7) is 1.81. The van der Waals surface area contributed by atoms with Crippen LogP contribution in [0.1, 0.15) is 43.6 Å². The van der Waals surface area contributed by atoms with Gasteiger partial charge in [-0.2, -0.15) is 13.2 Å². The van der Waals surface area contributed by atoms with Crippen molar-refractivity contribution in [2.45, 2.75) is 55.5 Å². The molecule has 0 radical (unpaired) electrons. The zero-order valence-corrected chi connectivity index (χ0v) is 12.4. The van der Waals surface area contributed by atoms with Gasteiger partial charge in [0.1, 0.15) is 10.7 Å². The number of alkyl halides is 3. The second-order valence-electron chi connectivity index (χ2n) is 5.44. The molecule has 0 unspecified atom stereocenters. The van der Waals surface area contributed by atoms with Gasteiger partial charge in [0.2, 0.25) is 5.82 Å². The van der Waals surface area contributed by atoms with E-state index in [-0.39, 0.29) is 5.65 Å². The SMILES string of the molecule is Cc1cc2c(SC3CCCCC3)nc(C(F)(F)F)nc2[nH]1. The van der Waals surface area contributed by atoms with Crippen LogP contribution in [0.15, 0.2) is 11.1 Å². The standard InChI is InChI=1S/C14H16F3N3S/c1-8-7-10-11(18-8)19-13(14(15,16)17)20-12(10)21-9-5-3-2-4-6-9/h7,9H,2-6H2,1H3,(H,18,19,20). The fourth-order valence-corrected chi connectivity index (χ4v) is 3.98. The average molecular weight is 315 g/mol. The Labute approximate surface area is 124 Å². The number of nitrogens with one attached hydrogen (secondary N) is 1. The summed E-state index contributed by atoms with van der Waals surface area (Å²) in [7, 11) is 0. The number of aromatic nitrogens is 3. The Morgan fingerprint density at radius 1 is 1.19 bits per heavy atom. The van der Waals surface area contributed by atoms with Gasteiger partial charge < -0.3 is 4.98 Å². The third-order valence-electron chi connectivity index (χ3n) is 3.67. The van der Waals surface area contributed by atoms with E-state index in [0.29, 0.717) is 15.7 Å². The highest BCUT2D eigenvalue weighted by molar-refractivity contribution is 8.00. The molecule has 21 heavy (non-hydrogen) atoms. The monoisotopic (exact) mass is 315 g/mol. The molecule has 2 aromatic rings. The largest absolute Gasteiger partial charge is 0.451 e. The summed E-state index contributed by atoms with van der Waals surface area (Å²) < 4.78 is 38.8. The number of hydrogen-bond donors (Lipinski definition) is 1. The predicted octanol–water partition coefficient (Wildman–Crippen LogP) is 4.71. The first-order valence-corrected chi connectivity index (χ1v) is 7.92. The molecule has 2 heterocycles. The lowest BCUT2D eigenvalue weighted by atomic mass is 10.0. The lowest BCUT2D eigenvalue weighted by Gasteiger charge is -2.21. The number of hydrogen-bond acceptors (Lipinski definition) is 3. The molecule has 114 valence electrons. The summed E-state index contributed by atoms with van der Waals surface area (Å²) >= 11 is 1.47. The van der Waals surface area contributed by atoms with Crippen molar-refractivity contribution in [2.75, 3.05) is 0 Å². The van der Waals surface area contributed by atoms with Gasteiger partial charge in [0.15, 0.2) is 0 Å². The third kappa shape index (κ3) is 3.17. The fourth-order valence-electron chi connectivity index (χ4n) is 2.67. The number of aryl methyl sites for hydroxylation is 1. The minimum absolute atomic E-state index is 0.271. The molecule has 0 bridgehead atoms. The van der Waals surface area contributed by atoms with Crippen molar-refractivity contribution in [1.82, 2.24) is 15.0 Å². The molecule has 1 aliphatic rings. The van der Waals surface area contributed by atoms with Gasteiger partial charge in [0.25, 0.3) is 0 Å². The van der Waals surface area contributed by atoms with E-state index < -0.39 is 12.0 Å². The quantitative estimate of drug-likeness (QED) is 0.816. The lowest BCUT2D eigenvalue weighted by molar-refractivity contribution is -0.145. The van der Waals surface area contributed by atoms with E-state index in [1.807, 2.05) is 13.0 Å². The van der Waals surface area contributed by atoms with E-state index in [1.165, 1.54) is 18.2 Å². The van der Waals surface area contributed by atoms with Crippen LogP contribution in [0.5, 0.6) is 0 Å². The topological polar surface area (TPSA) is 41.6 Å². The van der Waals surface area contributed by atoms with Crippen molar-refractivity contribution < 1.29 is 13.2 Å². The summed E-state index contributed by atoms with van der Waals surface area (Å²) in [5, 5.41) is 1.49. The summed E-state index contributed by atoms with van der Waals surface area (Å²) in [6, 6.07) is 1.82. The summed E-state index contributed by atoms with van der Waals surface area (Å²) in [5.41, 5.74) is 1.07. The predicted molar refractivity (Wildman–Crippen MR) is 76.4 cm³/mol. The molecule has 0 amide bonds. The average Bonchev–Trinajstić information content (AvgIpc) is 2.79. The molecule has 0 saturated heterocycles. The van der Waals surface area contributed by atoms with Gasteiger partial charge in [0, 0.05) is 10.9 Å². The number of aromatic amines is 1. The Morgan fingerprint density at radius 3 is 2.57 bits per heavy atom. The van der Waals surface area contributed by atoms with Gasteiger partial charge in [0.05, 0.1) is 5.39 Å². The molecule has 2 aromatic heterocycles. The van der Waals surface area contributed by atoms with Crippen molar-refractivity contribution in [3.63, 3.8) is 0 Å². The van der Waals surface area contributed by atoms with Crippen LogP contribution < -0.4 is 0 Å². The maximum atomic E-state index is 12.9. The molecule has 1 saturated carbocycles. The van der Waals surface area contributed by atoms with Crippen LogP contribution in [0.2, 0.25) is 0 Å². The van der Waals surface area contributed by atoms with Gasteiger partial charge in [-0.3, -0.25) is 0 Å². The second-order valence-corrected chi connectivity index (χ2v) is 6.73. The smallest absolute Gasteiger partial charge is 0.343 e. The Hall–Kier alpha value is -1.24. The summed E-state index contributed by atoms with van der Waals surface area (Å²) in [6.07, 6.45) is 1.07. The highest BCUT2D eigenvalue weighted by atomic mass is 32.2. The van der Waals surface area contributed by atoms with Crippen LogP contribution in [0, 0.1) is 6.92 Å². The highest BCUT2D eigenvalue weighted by Gasteiger charge is 2.36. The molecular weight excluding hydrogens is 299 g/mol. The Morgan fingerprint density at radius 2 is 1.90 bits per heavy atom. The van der Waals surface area contributed by atoms with Crippen molar-refractivity contribution in [1.29, 1.82) is 0 Å². The fraction of sp³-hybridized carbons (Fsp3) is 0.571. The third-order valence-corrected chi connectivity index (χ3v) is 5.01. The molecule has 3 rings (SSSR count). The first kappa shape index (κ1) is 14.7. The molecule has 1 aliphatic carbocycles. The molecule has 1 N–H and O–H groups in total. The van der Waals surface area contributed by atoms with Crippen molar-refractivity contribution in [2.24, 2.45) is 0 Å². The normalized spacial score (nSPS) is 17.5. The van der Waals surface area contributed by atoms with Crippen LogP contribution in [-0.2, 0) is 6.18 Å². The molecule has 0 spiro atoms. The Balaban J connectivity index is 2.01.